The van der Waals surface area contributed by atoms with E-state index in [0.29, 0.717) is 24.8 Å². The molecule has 202 valence electrons. The number of morpholine rings is 1. The Kier molecular flexibility index (Phi) is 6.03. The van der Waals surface area contributed by atoms with E-state index in [-0.39, 0.29) is 52.2 Å². The molecule has 6 aliphatic rings. The Morgan fingerprint density at radius 2 is 1.89 bits per heavy atom. The number of fused-ring (bicyclic) bond motifs is 3. The standard InChI is InChI=1S/C28H46N4O4/c1-16-6-7-22-26(2,3)24(31-32-8-10-35-11-9-32)20(29-5)14-28(22)27(16,4)13-18-21(33)12-17-19(23(18)36-28)15-30-25(17)34/h16-23,29,33H,6-15H2,1-5H3,(H,30,34). The normalized spacial score (nSPS) is 51.1. The second-order valence-electron chi connectivity index (χ2n) is 13.4. The van der Waals surface area contributed by atoms with Gasteiger partial charge in [-0.15, -0.1) is 0 Å². The highest BCUT2D eigenvalue weighted by molar-refractivity contribution is 5.95. The Hall–Kier alpha value is -1.22. The number of hydrogen-bond acceptors (Lipinski definition) is 7. The molecule has 3 aliphatic carbocycles. The number of nitrogens with zero attached hydrogens (tertiary/aromatic N) is 2. The van der Waals surface area contributed by atoms with Gasteiger partial charge in [-0.2, -0.15) is 5.10 Å². The van der Waals surface area contributed by atoms with Gasteiger partial charge in [0.1, 0.15) is 0 Å². The number of nitrogens with one attached hydrogen (secondary N) is 2. The molecule has 10 atom stereocenters. The van der Waals surface area contributed by atoms with Gasteiger partial charge in [-0.1, -0.05) is 27.7 Å². The minimum Gasteiger partial charge on any atom is -0.393 e. The van der Waals surface area contributed by atoms with Crippen LogP contribution in [-0.4, -0.2) is 85.5 Å². The van der Waals surface area contributed by atoms with Gasteiger partial charge in [-0.05, 0) is 56.4 Å². The van der Waals surface area contributed by atoms with E-state index in [1.54, 1.807) is 0 Å². The number of carbonyl (C=O) groups is 1. The van der Waals surface area contributed by atoms with Gasteiger partial charge in [0.15, 0.2) is 0 Å². The van der Waals surface area contributed by atoms with Crippen LogP contribution in [0, 0.1) is 40.4 Å². The number of hydrogen-bond donors (Lipinski definition) is 3. The zero-order valence-electron chi connectivity index (χ0n) is 22.8. The van der Waals surface area contributed by atoms with Crippen LogP contribution in [0.4, 0.5) is 0 Å². The van der Waals surface area contributed by atoms with Crippen molar-refractivity contribution in [2.24, 2.45) is 45.5 Å². The van der Waals surface area contributed by atoms with Gasteiger partial charge >= 0.3 is 0 Å². The highest BCUT2D eigenvalue weighted by Gasteiger charge is 2.71. The molecule has 3 N–H and O–H groups in total. The van der Waals surface area contributed by atoms with Crippen LogP contribution in [-0.2, 0) is 14.3 Å². The van der Waals surface area contributed by atoms with E-state index in [9.17, 15) is 9.90 Å². The van der Waals surface area contributed by atoms with Gasteiger partial charge in [0, 0.05) is 29.7 Å². The van der Waals surface area contributed by atoms with Crippen LogP contribution >= 0.6 is 0 Å². The lowest BCUT2D eigenvalue weighted by Gasteiger charge is -2.70. The van der Waals surface area contributed by atoms with Crippen molar-refractivity contribution in [3.05, 3.63) is 0 Å². The number of amides is 1. The Bertz CT molecular complexity index is 919. The molecule has 0 bridgehead atoms. The van der Waals surface area contributed by atoms with Crippen molar-refractivity contribution >= 4 is 11.6 Å². The summed E-state index contributed by atoms with van der Waals surface area (Å²) >= 11 is 0. The Morgan fingerprint density at radius 3 is 2.61 bits per heavy atom. The van der Waals surface area contributed by atoms with Crippen molar-refractivity contribution in [2.45, 2.75) is 83.6 Å². The highest BCUT2D eigenvalue weighted by Crippen LogP contribution is 2.68. The summed E-state index contributed by atoms with van der Waals surface area (Å²) in [6, 6.07) is 0.118. The number of ether oxygens (including phenoxy) is 2. The van der Waals surface area contributed by atoms with Crippen LogP contribution in [0.2, 0.25) is 0 Å². The van der Waals surface area contributed by atoms with Gasteiger partial charge in [0.2, 0.25) is 5.91 Å². The highest BCUT2D eigenvalue weighted by atomic mass is 16.5. The minimum absolute atomic E-state index is 0.0438. The maximum atomic E-state index is 12.6. The van der Waals surface area contributed by atoms with Crippen molar-refractivity contribution in [1.82, 2.24) is 15.6 Å². The molecule has 10 unspecified atom stereocenters. The molecular formula is C28H46N4O4. The third-order valence-corrected chi connectivity index (χ3v) is 11.7. The summed E-state index contributed by atoms with van der Waals surface area (Å²) in [6.45, 7) is 13.4. The topological polar surface area (TPSA) is 95.4 Å². The van der Waals surface area contributed by atoms with Crippen LogP contribution in [0.5, 0.6) is 0 Å². The molecule has 3 heterocycles. The predicted molar refractivity (Wildman–Crippen MR) is 137 cm³/mol. The van der Waals surface area contributed by atoms with Crippen LogP contribution in [0.15, 0.2) is 5.10 Å². The van der Waals surface area contributed by atoms with Crippen molar-refractivity contribution in [1.29, 1.82) is 0 Å². The predicted octanol–water partition coefficient (Wildman–Crippen LogP) is 2.02. The molecule has 0 radical (unpaired) electrons. The van der Waals surface area contributed by atoms with Crippen LogP contribution in [0.1, 0.15) is 59.8 Å². The molecule has 6 rings (SSSR count). The number of rotatable bonds is 2. The summed E-state index contributed by atoms with van der Waals surface area (Å²) in [6.07, 6.45) is 4.17. The maximum absolute atomic E-state index is 12.6. The van der Waals surface area contributed by atoms with Crippen LogP contribution < -0.4 is 10.6 Å². The second kappa shape index (κ2) is 8.65. The van der Waals surface area contributed by atoms with E-state index >= 15 is 0 Å². The van der Waals surface area contributed by atoms with E-state index < -0.39 is 6.10 Å². The molecule has 8 heteroatoms. The first-order valence-corrected chi connectivity index (χ1v) is 14.3. The maximum Gasteiger partial charge on any atom is 0.223 e. The third-order valence-electron chi connectivity index (χ3n) is 11.7. The largest absolute Gasteiger partial charge is 0.393 e. The van der Waals surface area contributed by atoms with E-state index in [4.69, 9.17) is 14.6 Å². The fourth-order valence-corrected chi connectivity index (χ4v) is 9.46. The van der Waals surface area contributed by atoms with Gasteiger partial charge in [0.05, 0.1) is 55.9 Å². The fourth-order valence-electron chi connectivity index (χ4n) is 9.46. The van der Waals surface area contributed by atoms with Crippen molar-refractivity contribution in [2.75, 3.05) is 39.9 Å². The van der Waals surface area contributed by atoms with Crippen LogP contribution in [0.3, 0.4) is 0 Å². The van der Waals surface area contributed by atoms with Crippen LogP contribution in [0.25, 0.3) is 0 Å². The number of aliphatic hydroxyl groups excluding tert-OH is 1. The van der Waals surface area contributed by atoms with E-state index in [1.807, 2.05) is 0 Å². The summed E-state index contributed by atoms with van der Waals surface area (Å²) in [7, 11) is 2.06. The second-order valence-corrected chi connectivity index (χ2v) is 13.4. The Labute approximate surface area is 215 Å². The zero-order chi connectivity index (χ0) is 25.5. The van der Waals surface area contributed by atoms with Gasteiger partial charge in [-0.25, -0.2) is 0 Å². The van der Waals surface area contributed by atoms with Gasteiger partial charge in [-0.3, -0.25) is 9.80 Å². The third kappa shape index (κ3) is 3.39. The molecule has 3 saturated carbocycles. The lowest BCUT2D eigenvalue weighted by Crippen LogP contribution is -2.75. The molecule has 3 saturated heterocycles. The van der Waals surface area contributed by atoms with Gasteiger partial charge < -0.3 is 25.2 Å². The average Bonchev–Trinajstić information content (AvgIpc) is 3.22. The zero-order valence-corrected chi connectivity index (χ0v) is 22.8. The first kappa shape index (κ1) is 25.1. The summed E-state index contributed by atoms with van der Waals surface area (Å²) in [5, 5.41) is 25.5. The molecule has 6 fully saturated rings. The SMILES string of the molecule is CNC1CC23OC4C(CC2(C)C(C)CCC3C(C)(C)C1=NN1CCOCC1)C(O)CC1C(=O)NCC14. The summed E-state index contributed by atoms with van der Waals surface area (Å²) in [5.41, 5.74) is 0.733. The monoisotopic (exact) mass is 502 g/mol. The lowest BCUT2D eigenvalue weighted by atomic mass is 9.41. The molecule has 0 aromatic carbocycles. The fraction of sp³-hybridized carbons (Fsp3) is 0.929. The van der Waals surface area contributed by atoms with E-state index in [2.05, 4.69) is 50.4 Å². The average molecular weight is 503 g/mol. The molecule has 0 aromatic rings. The lowest BCUT2D eigenvalue weighted by molar-refractivity contribution is -0.320. The molecular weight excluding hydrogens is 456 g/mol. The van der Waals surface area contributed by atoms with Crippen molar-refractivity contribution in [3.8, 4) is 0 Å². The summed E-state index contributed by atoms with van der Waals surface area (Å²) in [4.78, 5) is 12.6. The Balaban J connectivity index is 1.42. The van der Waals surface area contributed by atoms with Crippen molar-refractivity contribution < 1.29 is 19.4 Å². The number of hydrazone groups is 1. The smallest absolute Gasteiger partial charge is 0.223 e. The minimum atomic E-state index is -0.475. The van der Waals surface area contributed by atoms with Gasteiger partial charge in [0.25, 0.3) is 0 Å². The molecule has 1 spiro atoms. The van der Waals surface area contributed by atoms with E-state index in [1.165, 1.54) is 12.1 Å². The molecule has 0 aromatic heterocycles. The van der Waals surface area contributed by atoms with E-state index in [0.717, 1.165) is 45.6 Å². The molecule has 1 amide bonds. The first-order valence-electron chi connectivity index (χ1n) is 14.3. The quantitative estimate of drug-likeness (QED) is 0.535. The molecule has 36 heavy (non-hydrogen) atoms. The molecule has 8 nitrogen and oxygen atoms in total. The number of carbonyl (C=O) groups excluding carboxylic acids is 1. The summed E-state index contributed by atoms with van der Waals surface area (Å²) < 4.78 is 13.1. The Morgan fingerprint density at radius 1 is 1.14 bits per heavy atom. The summed E-state index contributed by atoms with van der Waals surface area (Å²) in [5.74, 6) is 1.06. The first-order chi connectivity index (χ1) is 17.1. The molecule has 3 aliphatic heterocycles. The van der Waals surface area contributed by atoms with Crippen molar-refractivity contribution in [3.63, 3.8) is 0 Å². The number of aliphatic hydroxyl groups is 1.